The smallest absolute Gasteiger partial charge is 0.195 e. The van der Waals surface area contributed by atoms with Gasteiger partial charge in [0.2, 0.25) is 0 Å². The first-order chi connectivity index (χ1) is 8.81. The monoisotopic (exact) mass is 238 g/mol. The second kappa shape index (κ2) is 4.53. The summed E-state index contributed by atoms with van der Waals surface area (Å²) in [5.41, 5.74) is 9.52. The number of anilines is 1. The van der Waals surface area contributed by atoms with Crippen LogP contribution in [0.1, 0.15) is 11.5 Å². The summed E-state index contributed by atoms with van der Waals surface area (Å²) in [4.78, 5) is 4.45. The molecule has 90 valence electrons. The number of nitrogens with zero attached hydrogens (tertiary/aromatic N) is 1. The van der Waals surface area contributed by atoms with Crippen LogP contribution in [0, 0.1) is 0 Å². The number of nitrogen functional groups attached to an aromatic ring is 1. The second-order valence-electron chi connectivity index (χ2n) is 4.32. The molecule has 0 saturated heterocycles. The molecule has 2 N–H and O–H groups in total. The molecule has 2 aromatic carbocycles. The van der Waals surface area contributed by atoms with Crippen LogP contribution in [0.2, 0.25) is 0 Å². The summed E-state index contributed by atoms with van der Waals surface area (Å²) in [5.74, 6) is 0.777. The van der Waals surface area contributed by atoms with E-state index in [2.05, 4.69) is 11.1 Å². The maximum absolute atomic E-state index is 5.75. The molecule has 0 amide bonds. The maximum Gasteiger partial charge on any atom is 0.195 e. The molecule has 0 radical (unpaired) electrons. The zero-order chi connectivity index (χ0) is 12.4. The Bertz CT molecular complexity index is 640. The van der Waals surface area contributed by atoms with Crippen molar-refractivity contribution in [1.82, 2.24) is 4.98 Å². The fourth-order valence-corrected chi connectivity index (χ4v) is 2.03. The number of nitrogens with two attached hydrogens (primary N) is 1. The number of para-hydroxylation sites is 2. The Morgan fingerprint density at radius 2 is 1.89 bits per heavy atom. The van der Waals surface area contributed by atoms with Crippen molar-refractivity contribution in [3.05, 3.63) is 60.0 Å². The van der Waals surface area contributed by atoms with Crippen LogP contribution in [0.3, 0.4) is 0 Å². The third-order valence-electron chi connectivity index (χ3n) is 2.92. The largest absolute Gasteiger partial charge is 0.441 e. The van der Waals surface area contributed by atoms with Gasteiger partial charge in [-0.15, -0.1) is 0 Å². The van der Waals surface area contributed by atoms with Crippen molar-refractivity contribution in [1.29, 1.82) is 0 Å². The van der Waals surface area contributed by atoms with Gasteiger partial charge in [0.1, 0.15) is 5.52 Å². The van der Waals surface area contributed by atoms with Crippen LogP contribution in [0.15, 0.2) is 52.9 Å². The van der Waals surface area contributed by atoms with Gasteiger partial charge in [0.05, 0.1) is 0 Å². The fraction of sp³-hybridized carbons (Fsp3) is 0.133. The SMILES string of the molecule is Nc1cccc(CCc2nc3ccccc3o2)c1. The van der Waals surface area contributed by atoms with Gasteiger partial charge in [0.25, 0.3) is 0 Å². The van der Waals surface area contributed by atoms with E-state index in [0.717, 1.165) is 35.5 Å². The minimum atomic E-state index is 0.777. The van der Waals surface area contributed by atoms with Gasteiger partial charge in [-0.1, -0.05) is 24.3 Å². The van der Waals surface area contributed by atoms with Crippen LogP contribution in [-0.4, -0.2) is 4.98 Å². The molecule has 3 rings (SSSR count). The number of hydrogen-bond acceptors (Lipinski definition) is 3. The van der Waals surface area contributed by atoms with Crippen molar-refractivity contribution in [2.24, 2.45) is 0 Å². The Kier molecular flexibility index (Phi) is 2.73. The van der Waals surface area contributed by atoms with E-state index >= 15 is 0 Å². The predicted molar refractivity (Wildman–Crippen MR) is 72.3 cm³/mol. The molecule has 0 bridgehead atoms. The molecule has 0 aliphatic carbocycles. The highest BCUT2D eigenvalue weighted by molar-refractivity contribution is 5.72. The van der Waals surface area contributed by atoms with Crippen LogP contribution in [0.5, 0.6) is 0 Å². The molecule has 0 aliphatic heterocycles. The standard InChI is InChI=1S/C15H14N2O/c16-12-5-3-4-11(10-12)8-9-15-17-13-6-1-2-7-14(13)18-15/h1-7,10H,8-9,16H2. The lowest BCUT2D eigenvalue weighted by atomic mass is 10.1. The summed E-state index contributed by atoms with van der Waals surface area (Å²) in [6, 6.07) is 15.7. The Hall–Kier alpha value is -2.29. The molecule has 0 aliphatic rings. The highest BCUT2D eigenvalue weighted by atomic mass is 16.3. The minimum Gasteiger partial charge on any atom is -0.441 e. The van der Waals surface area contributed by atoms with E-state index in [9.17, 15) is 0 Å². The van der Waals surface area contributed by atoms with Crippen molar-refractivity contribution < 1.29 is 4.42 Å². The van der Waals surface area contributed by atoms with E-state index in [1.54, 1.807) is 0 Å². The molecule has 0 saturated carbocycles. The molecule has 18 heavy (non-hydrogen) atoms. The average Bonchev–Trinajstić information content (AvgIpc) is 2.79. The number of aromatic nitrogens is 1. The summed E-state index contributed by atoms with van der Waals surface area (Å²) >= 11 is 0. The summed E-state index contributed by atoms with van der Waals surface area (Å²) < 4.78 is 5.68. The molecular weight excluding hydrogens is 224 g/mol. The molecule has 3 aromatic rings. The highest BCUT2D eigenvalue weighted by Gasteiger charge is 2.05. The molecule has 0 atom stereocenters. The van der Waals surface area contributed by atoms with Crippen molar-refractivity contribution in [3.8, 4) is 0 Å². The second-order valence-corrected chi connectivity index (χ2v) is 4.32. The van der Waals surface area contributed by atoms with E-state index in [4.69, 9.17) is 10.2 Å². The Morgan fingerprint density at radius 3 is 2.72 bits per heavy atom. The van der Waals surface area contributed by atoms with Gasteiger partial charge in [-0.2, -0.15) is 0 Å². The summed E-state index contributed by atoms with van der Waals surface area (Å²) in [5, 5.41) is 0. The number of benzene rings is 2. The van der Waals surface area contributed by atoms with E-state index in [-0.39, 0.29) is 0 Å². The van der Waals surface area contributed by atoms with Gasteiger partial charge >= 0.3 is 0 Å². The van der Waals surface area contributed by atoms with Crippen LogP contribution >= 0.6 is 0 Å². The average molecular weight is 238 g/mol. The summed E-state index contributed by atoms with van der Waals surface area (Å²) in [7, 11) is 0. The van der Waals surface area contributed by atoms with Crippen LogP contribution in [-0.2, 0) is 12.8 Å². The maximum atomic E-state index is 5.75. The third kappa shape index (κ3) is 2.20. The van der Waals surface area contributed by atoms with Crippen molar-refractivity contribution in [2.75, 3.05) is 5.73 Å². The fourth-order valence-electron chi connectivity index (χ4n) is 2.03. The number of hydrogen-bond donors (Lipinski definition) is 1. The molecule has 0 fully saturated rings. The molecule has 3 nitrogen and oxygen atoms in total. The molecular formula is C15H14N2O. The van der Waals surface area contributed by atoms with E-state index in [0.29, 0.717) is 0 Å². The topological polar surface area (TPSA) is 52.0 Å². The summed E-state index contributed by atoms with van der Waals surface area (Å²) in [6.45, 7) is 0. The predicted octanol–water partition coefficient (Wildman–Crippen LogP) is 3.20. The lowest BCUT2D eigenvalue weighted by Crippen LogP contribution is -1.93. The van der Waals surface area contributed by atoms with Gasteiger partial charge in [-0.05, 0) is 36.2 Å². The lowest BCUT2D eigenvalue weighted by Gasteiger charge is -1.99. The first kappa shape index (κ1) is 10.8. The van der Waals surface area contributed by atoms with Gasteiger partial charge in [0.15, 0.2) is 11.5 Å². The number of oxazole rings is 1. The van der Waals surface area contributed by atoms with Crippen molar-refractivity contribution in [2.45, 2.75) is 12.8 Å². The minimum absolute atomic E-state index is 0.777. The summed E-state index contributed by atoms with van der Waals surface area (Å²) in [6.07, 6.45) is 1.68. The normalized spacial score (nSPS) is 10.9. The highest BCUT2D eigenvalue weighted by Crippen LogP contribution is 2.16. The van der Waals surface area contributed by atoms with Crippen LogP contribution in [0.4, 0.5) is 5.69 Å². The van der Waals surface area contributed by atoms with Gasteiger partial charge in [-0.3, -0.25) is 0 Å². The number of fused-ring (bicyclic) bond motifs is 1. The molecule has 0 spiro atoms. The number of aryl methyl sites for hydroxylation is 2. The Morgan fingerprint density at radius 1 is 1.00 bits per heavy atom. The molecule has 1 aromatic heterocycles. The zero-order valence-electron chi connectivity index (χ0n) is 9.97. The Balaban J connectivity index is 1.76. The van der Waals surface area contributed by atoms with Gasteiger partial charge in [0, 0.05) is 12.1 Å². The van der Waals surface area contributed by atoms with Gasteiger partial charge < -0.3 is 10.2 Å². The van der Waals surface area contributed by atoms with Crippen LogP contribution in [0.25, 0.3) is 11.1 Å². The van der Waals surface area contributed by atoms with E-state index in [1.165, 1.54) is 5.56 Å². The quantitative estimate of drug-likeness (QED) is 0.713. The zero-order valence-corrected chi connectivity index (χ0v) is 9.97. The first-order valence-electron chi connectivity index (χ1n) is 6.00. The van der Waals surface area contributed by atoms with Gasteiger partial charge in [-0.25, -0.2) is 4.98 Å². The molecule has 3 heteroatoms. The third-order valence-corrected chi connectivity index (χ3v) is 2.92. The number of rotatable bonds is 3. The van der Waals surface area contributed by atoms with Crippen molar-refractivity contribution in [3.63, 3.8) is 0 Å². The molecule has 1 heterocycles. The van der Waals surface area contributed by atoms with Crippen molar-refractivity contribution >= 4 is 16.8 Å². The van der Waals surface area contributed by atoms with E-state index in [1.807, 2.05) is 42.5 Å². The Labute approximate surface area is 105 Å². The van der Waals surface area contributed by atoms with E-state index < -0.39 is 0 Å². The first-order valence-corrected chi connectivity index (χ1v) is 6.00. The van der Waals surface area contributed by atoms with Crippen LogP contribution < -0.4 is 5.73 Å². The lowest BCUT2D eigenvalue weighted by molar-refractivity contribution is 0.528. The molecule has 0 unspecified atom stereocenters.